The van der Waals surface area contributed by atoms with Crippen LogP contribution in [0.1, 0.15) is 17.2 Å². The largest absolute Gasteiger partial charge is 0.408 e. The van der Waals surface area contributed by atoms with Crippen molar-refractivity contribution >= 4 is 0 Å². The number of alkyl halides is 3. The van der Waals surface area contributed by atoms with Crippen LogP contribution in [0, 0.1) is 12.7 Å². The second-order valence-corrected chi connectivity index (χ2v) is 4.73. The van der Waals surface area contributed by atoms with Gasteiger partial charge in [-0.3, -0.25) is 4.90 Å². The van der Waals surface area contributed by atoms with Crippen LogP contribution in [0.15, 0.2) is 18.2 Å². The van der Waals surface area contributed by atoms with E-state index >= 15 is 0 Å². The van der Waals surface area contributed by atoms with E-state index in [1.807, 2.05) is 0 Å². The first-order valence-corrected chi connectivity index (χ1v) is 6.17. The molecule has 0 bridgehead atoms. The van der Waals surface area contributed by atoms with Crippen LogP contribution in [0.2, 0.25) is 0 Å². The van der Waals surface area contributed by atoms with Gasteiger partial charge in [0.2, 0.25) is 0 Å². The molecule has 1 aromatic rings. The monoisotopic (exact) mass is 276 g/mol. The first-order chi connectivity index (χ1) is 8.89. The summed E-state index contributed by atoms with van der Waals surface area (Å²) in [6.07, 6.45) is -4.41. The van der Waals surface area contributed by atoms with Crippen molar-refractivity contribution in [3.8, 4) is 0 Å². The Labute approximate surface area is 109 Å². The van der Waals surface area contributed by atoms with E-state index in [-0.39, 0.29) is 5.56 Å². The quantitative estimate of drug-likeness (QED) is 0.835. The normalized spacial score (nSPS) is 19.4. The molecule has 1 atom stereocenters. The highest BCUT2D eigenvalue weighted by Crippen LogP contribution is 2.39. The number of aryl methyl sites for hydroxylation is 1. The summed E-state index contributed by atoms with van der Waals surface area (Å²) < 4.78 is 53.2. The number of nitrogens with zero attached hydrogens (tertiary/aromatic N) is 1. The molecule has 1 saturated heterocycles. The minimum Gasteiger partial charge on any atom is -0.314 e. The van der Waals surface area contributed by atoms with Gasteiger partial charge in [0.05, 0.1) is 0 Å². The summed E-state index contributed by atoms with van der Waals surface area (Å²) in [5.41, 5.74) is 0.469. The van der Waals surface area contributed by atoms with E-state index in [0.717, 1.165) is 6.07 Å². The summed E-state index contributed by atoms with van der Waals surface area (Å²) in [7, 11) is 0. The molecule has 0 saturated carbocycles. The van der Waals surface area contributed by atoms with Gasteiger partial charge in [0.1, 0.15) is 11.9 Å². The number of benzene rings is 1. The maximum absolute atomic E-state index is 13.3. The molecule has 0 amide bonds. The Morgan fingerprint density at radius 1 is 1.21 bits per heavy atom. The van der Waals surface area contributed by atoms with Gasteiger partial charge in [0.25, 0.3) is 0 Å². The Morgan fingerprint density at radius 3 is 2.42 bits per heavy atom. The van der Waals surface area contributed by atoms with Gasteiger partial charge in [0.15, 0.2) is 0 Å². The zero-order valence-electron chi connectivity index (χ0n) is 10.6. The lowest BCUT2D eigenvalue weighted by atomic mass is 9.98. The van der Waals surface area contributed by atoms with E-state index in [9.17, 15) is 17.6 Å². The fourth-order valence-electron chi connectivity index (χ4n) is 2.43. The van der Waals surface area contributed by atoms with Crippen molar-refractivity contribution in [1.82, 2.24) is 10.2 Å². The van der Waals surface area contributed by atoms with Crippen LogP contribution in [0.3, 0.4) is 0 Å². The van der Waals surface area contributed by atoms with E-state index in [4.69, 9.17) is 0 Å². The van der Waals surface area contributed by atoms with Crippen molar-refractivity contribution in [2.45, 2.75) is 19.1 Å². The summed E-state index contributed by atoms with van der Waals surface area (Å²) in [4.78, 5) is 1.36. The van der Waals surface area contributed by atoms with Crippen molar-refractivity contribution in [2.75, 3.05) is 26.2 Å². The standard InChI is InChI=1S/C13H16F4N2/c1-9-2-3-10(14)8-11(9)12(13(15,16)17)19-6-4-18-5-7-19/h2-3,8,12,18H,4-7H2,1H3/t12-/m1/s1. The Hall–Kier alpha value is -1.14. The average Bonchev–Trinajstić information content (AvgIpc) is 2.33. The molecule has 1 aliphatic rings. The van der Waals surface area contributed by atoms with Gasteiger partial charge in [-0.25, -0.2) is 4.39 Å². The molecule has 1 aliphatic heterocycles. The van der Waals surface area contributed by atoms with Crippen LogP contribution < -0.4 is 5.32 Å². The van der Waals surface area contributed by atoms with E-state index in [1.165, 1.54) is 17.0 Å². The molecule has 1 fully saturated rings. The highest BCUT2D eigenvalue weighted by atomic mass is 19.4. The second-order valence-electron chi connectivity index (χ2n) is 4.73. The maximum Gasteiger partial charge on any atom is 0.408 e. The lowest BCUT2D eigenvalue weighted by Crippen LogP contribution is -2.49. The Morgan fingerprint density at radius 2 is 1.84 bits per heavy atom. The third kappa shape index (κ3) is 3.25. The Bertz CT molecular complexity index is 439. The second kappa shape index (κ2) is 5.46. The van der Waals surface area contributed by atoms with E-state index in [0.29, 0.717) is 31.7 Å². The average molecular weight is 276 g/mol. The van der Waals surface area contributed by atoms with Crippen molar-refractivity contribution < 1.29 is 17.6 Å². The molecule has 106 valence electrons. The Balaban J connectivity index is 2.39. The minimum absolute atomic E-state index is 0.00870. The smallest absolute Gasteiger partial charge is 0.314 e. The van der Waals surface area contributed by atoms with Crippen LogP contribution in [-0.2, 0) is 0 Å². The predicted octanol–water partition coefficient (Wildman–Crippen LogP) is 2.64. The fraction of sp³-hybridized carbons (Fsp3) is 0.538. The summed E-state index contributed by atoms with van der Waals surface area (Å²) in [6.45, 7) is 3.22. The van der Waals surface area contributed by atoms with Crippen LogP contribution in [0.25, 0.3) is 0 Å². The highest BCUT2D eigenvalue weighted by Gasteiger charge is 2.45. The lowest BCUT2D eigenvalue weighted by Gasteiger charge is -2.36. The number of piperazine rings is 1. The molecule has 1 N–H and O–H groups in total. The van der Waals surface area contributed by atoms with Gasteiger partial charge >= 0.3 is 6.18 Å². The van der Waals surface area contributed by atoms with Crippen LogP contribution in [0.5, 0.6) is 0 Å². The number of hydrogen-bond acceptors (Lipinski definition) is 2. The molecule has 6 heteroatoms. The molecular formula is C13H16F4N2. The molecule has 0 unspecified atom stereocenters. The number of nitrogens with one attached hydrogen (secondary N) is 1. The summed E-state index contributed by atoms with van der Waals surface area (Å²) >= 11 is 0. The van der Waals surface area contributed by atoms with Gasteiger partial charge in [-0.1, -0.05) is 6.07 Å². The Kier molecular flexibility index (Phi) is 4.10. The van der Waals surface area contributed by atoms with E-state index < -0.39 is 18.0 Å². The molecule has 0 aromatic heterocycles. The lowest BCUT2D eigenvalue weighted by molar-refractivity contribution is -0.188. The molecule has 19 heavy (non-hydrogen) atoms. The summed E-state index contributed by atoms with van der Waals surface area (Å²) in [5, 5.41) is 3.02. The zero-order chi connectivity index (χ0) is 14.0. The molecule has 0 spiro atoms. The molecule has 1 aromatic carbocycles. The molecule has 1 heterocycles. The SMILES string of the molecule is Cc1ccc(F)cc1[C@@H](N1CCNCC1)C(F)(F)F. The van der Waals surface area contributed by atoms with Gasteiger partial charge < -0.3 is 5.32 Å². The summed E-state index contributed by atoms with van der Waals surface area (Å²) in [5.74, 6) is -0.634. The molecule has 0 radical (unpaired) electrons. The third-order valence-electron chi connectivity index (χ3n) is 3.36. The highest BCUT2D eigenvalue weighted by molar-refractivity contribution is 5.31. The summed E-state index contributed by atoms with van der Waals surface area (Å²) in [6, 6.07) is 1.84. The predicted molar refractivity (Wildman–Crippen MR) is 64.4 cm³/mol. The van der Waals surface area contributed by atoms with Crippen molar-refractivity contribution in [3.05, 3.63) is 35.1 Å². The fourth-order valence-corrected chi connectivity index (χ4v) is 2.43. The number of halogens is 4. The topological polar surface area (TPSA) is 15.3 Å². The van der Waals surface area contributed by atoms with Gasteiger partial charge in [-0.15, -0.1) is 0 Å². The van der Waals surface area contributed by atoms with Gasteiger partial charge in [0, 0.05) is 26.2 Å². The first kappa shape index (κ1) is 14.3. The number of hydrogen-bond donors (Lipinski definition) is 1. The van der Waals surface area contributed by atoms with Gasteiger partial charge in [-0.2, -0.15) is 13.2 Å². The molecule has 2 nitrogen and oxygen atoms in total. The van der Waals surface area contributed by atoms with Crippen LogP contribution in [0.4, 0.5) is 17.6 Å². The van der Waals surface area contributed by atoms with Crippen LogP contribution in [-0.4, -0.2) is 37.3 Å². The van der Waals surface area contributed by atoms with E-state index in [2.05, 4.69) is 5.32 Å². The van der Waals surface area contributed by atoms with E-state index in [1.54, 1.807) is 6.92 Å². The minimum atomic E-state index is -4.41. The van der Waals surface area contributed by atoms with Gasteiger partial charge in [-0.05, 0) is 30.2 Å². The number of rotatable bonds is 2. The van der Waals surface area contributed by atoms with Crippen LogP contribution >= 0.6 is 0 Å². The molecular weight excluding hydrogens is 260 g/mol. The van der Waals surface area contributed by atoms with Crippen molar-refractivity contribution in [3.63, 3.8) is 0 Å². The maximum atomic E-state index is 13.3. The zero-order valence-corrected chi connectivity index (χ0v) is 10.6. The molecule has 2 rings (SSSR count). The van der Waals surface area contributed by atoms with Crippen molar-refractivity contribution in [1.29, 1.82) is 0 Å². The van der Waals surface area contributed by atoms with Crippen molar-refractivity contribution in [2.24, 2.45) is 0 Å². The molecule has 0 aliphatic carbocycles. The first-order valence-electron chi connectivity index (χ1n) is 6.17. The third-order valence-corrected chi connectivity index (χ3v) is 3.36.